The monoisotopic (exact) mass is 508 g/mol. The molecular formula is C29H36N2O6. The SMILES string of the molecule is CCOc1cc([C@H]2/C(=C(\O)c3ccc4c(c3)C[C@@H](C)O4)C(=O)C(=O)N2CCCN(CC)CC)ccc1O. The van der Waals surface area contributed by atoms with Gasteiger partial charge in [-0.05, 0) is 81.4 Å². The molecule has 0 saturated carbocycles. The lowest BCUT2D eigenvalue weighted by Crippen LogP contribution is -2.33. The van der Waals surface area contributed by atoms with E-state index in [-0.39, 0.29) is 28.9 Å². The van der Waals surface area contributed by atoms with Gasteiger partial charge in [0.05, 0.1) is 18.2 Å². The maximum absolute atomic E-state index is 13.4. The fraction of sp³-hybridized carbons (Fsp3) is 0.448. The number of phenolic OH excluding ortho intramolecular Hbond substituents is 1. The van der Waals surface area contributed by atoms with Crippen LogP contribution < -0.4 is 9.47 Å². The number of carbonyl (C=O) groups is 2. The van der Waals surface area contributed by atoms with Gasteiger partial charge in [-0.25, -0.2) is 0 Å². The molecule has 1 saturated heterocycles. The maximum atomic E-state index is 13.4. The molecule has 2 aromatic rings. The van der Waals surface area contributed by atoms with Gasteiger partial charge in [-0.2, -0.15) is 0 Å². The number of ether oxygens (including phenoxy) is 2. The number of hydrogen-bond acceptors (Lipinski definition) is 7. The fourth-order valence-electron chi connectivity index (χ4n) is 5.16. The lowest BCUT2D eigenvalue weighted by molar-refractivity contribution is -0.140. The molecule has 198 valence electrons. The second-order valence-electron chi connectivity index (χ2n) is 9.49. The van der Waals surface area contributed by atoms with Crippen LogP contribution in [0.15, 0.2) is 42.0 Å². The van der Waals surface area contributed by atoms with Gasteiger partial charge in [-0.1, -0.05) is 19.9 Å². The maximum Gasteiger partial charge on any atom is 0.295 e. The fourth-order valence-corrected chi connectivity index (χ4v) is 5.16. The number of likely N-dealkylation sites (tertiary alicyclic amines) is 1. The van der Waals surface area contributed by atoms with Crippen LogP contribution >= 0.6 is 0 Å². The third-order valence-corrected chi connectivity index (χ3v) is 7.08. The average Bonchev–Trinajstić information content (AvgIpc) is 3.38. The highest BCUT2D eigenvalue weighted by atomic mass is 16.5. The third-order valence-electron chi connectivity index (χ3n) is 7.08. The van der Waals surface area contributed by atoms with Crippen LogP contribution in [0, 0.1) is 0 Å². The predicted octanol–water partition coefficient (Wildman–Crippen LogP) is 4.27. The van der Waals surface area contributed by atoms with Gasteiger partial charge in [-0.3, -0.25) is 9.59 Å². The van der Waals surface area contributed by atoms with E-state index in [1.807, 2.05) is 19.9 Å². The summed E-state index contributed by atoms with van der Waals surface area (Å²) in [7, 11) is 0. The van der Waals surface area contributed by atoms with E-state index in [2.05, 4.69) is 18.7 Å². The quantitative estimate of drug-likeness (QED) is 0.281. The van der Waals surface area contributed by atoms with Crippen molar-refractivity contribution in [1.82, 2.24) is 9.80 Å². The molecule has 8 nitrogen and oxygen atoms in total. The Hall–Kier alpha value is -3.52. The number of carbonyl (C=O) groups excluding carboxylic acids is 2. The Kier molecular flexibility index (Phi) is 8.07. The van der Waals surface area contributed by atoms with Crippen LogP contribution in [0.3, 0.4) is 0 Å². The minimum atomic E-state index is -0.806. The molecule has 2 aliphatic rings. The molecule has 0 aliphatic carbocycles. The molecule has 8 heteroatoms. The van der Waals surface area contributed by atoms with Gasteiger partial charge < -0.3 is 29.5 Å². The molecule has 0 radical (unpaired) electrons. The van der Waals surface area contributed by atoms with Crippen LogP contribution in [-0.2, 0) is 16.0 Å². The van der Waals surface area contributed by atoms with Gasteiger partial charge in [0, 0.05) is 18.5 Å². The number of aromatic hydroxyl groups is 1. The summed E-state index contributed by atoms with van der Waals surface area (Å²) in [6.45, 7) is 11.2. The zero-order chi connectivity index (χ0) is 26.7. The number of phenols is 1. The smallest absolute Gasteiger partial charge is 0.295 e. The lowest BCUT2D eigenvalue weighted by Gasteiger charge is -2.27. The summed E-state index contributed by atoms with van der Waals surface area (Å²) in [5, 5.41) is 21.7. The number of Topliss-reactive ketones (excluding diaryl/α,β-unsaturated/α-hetero) is 1. The zero-order valence-corrected chi connectivity index (χ0v) is 22.0. The first-order chi connectivity index (χ1) is 17.8. The summed E-state index contributed by atoms with van der Waals surface area (Å²) in [5.41, 5.74) is 2.03. The van der Waals surface area contributed by atoms with E-state index in [1.54, 1.807) is 24.3 Å². The number of aliphatic hydroxyl groups excluding tert-OH is 1. The highest BCUT2D eigenvalue weighted by Crippen LogP contribution is 2.42. The van der Waals surface area contributed by atoms with Crippen molar-refractivity contribution in [1.29, 1.82) is 0 Å². The van der Waals surface area contributed by atoms with Crippen molar-refractivity contribution in [2.24, 2.45) is 0 Å². The molecule has 2 aromatic carbocycles. The van der Waals surface area contributed by atoms with E-state index < -0.39 is 17.7 Å². The zero-order valence-electron chi connectivity index (χ0n) is 22.0. The molecular weight excluding hydrogens is 472 g/mol. The largest absolute Gasteiger partial charge is 0.507 e. The molecule has 2 aliphatic heterocycles. The van der Waals surface area contributed by atoms with E-state index in [4.69, 9.17) is 9.47 Å². The van der Waals surface area contributed by atoms with Crippen molar-refractivity contribution in [3.63, 3.8) is 0 Å². The molecule has 2 atom stereocenters. The third kappa shape index (κ3) is 5.30. The van der Waals surface area contributed by atoms with Gasteiger partial charge in [0.25, 0.3) is 11.7 Å². The second kappa shape index (κ2) is 11.3. The Morgan fingerprint density at radius 3 is 2.59 bits per heavy atom. The van der Waals surface area contributed by atoms with Gasteiger partial charge in [0.15, 0.2) is 11.5 Å². The summed E-state index contributed by atoms with van der Waals surface area (Å²) in [6.07, 6.45) is 1.42. The van der Waals surface area contributed by atoms with Crippen LogP contribution in [0.4, 0.5) is 0 Å². The van der Waals surface area contributed by atoms with E-state index in [1.165, 1.54) is 11.0 Å². The van der Waals surface area contributed by atoms with Crippen LogP contribution in [0.1, 0.15) is 56.8 Å². The average molecular weight is 509 g/mol. The van der Waals surface area contributed by atoms with E-state index in [0.717, 1.165) is 30.9 Å². The summed E-state index contributed by atoms with van der Waals surface area (Å²) < 4.78 is 11.3. The van der Waals surface area contributed by atoms with Crippen LogP contribution in [0.5, 0.6) is 17.2 Å². The van der Waals surface area contributed by atoms with Crippen LogP contribution in [-0.4, -0.2) is 70.6 Å². The minimum absolute atomic E-state index is 0.0307. The van der Waals surface area contributed by atoms with Crippen LogP contribution in [0.25, 0.3) is 5.76 Å². The number of aliphatic hydroxyl groups is 1. The van der Waals surface area contributed by atoms with Crippen molar-refractivity contribution >= 4 is 17.4 Å². The summed E-state index contributed by atoms with van der Waals surface area (Å²) in [6, 6.07) is 9.30. The van der Waals surface area contributed by atoms with Gasteiger partial charge >= 0.3 is 0 Å². The Morgan fingerprint density at radius 2 is 1.89 bits per heavy atom. The minimum Gasteiger partial charge on any atom is -0.507 e. The molecule has 1 amide bonds. The summed E-state index contributed by atoms with van der Waals surface area (Å²) in [4.78, 5) is 30.4. The standard InChI is InChI=1S/C29H36N2O6/c1-5-30(6-2)13-8-14-31-26(19-9-11-22(32)24(17-19)36-7-3)25(28(34)29(31)35)27(33)20-10-12-23-21(16-20)15-18(4)37-23/h9-12,16-18,26,32-33H,5-8,13-15H2,1-4H3/b27-25+/t18-,26+/m1/s1. The number of amides is 1. The molecule has 1 fully saturated rings. The van der Waals surface area contributed by atoms with Crippen molar-refractivity contribution in [2.45, 2.75) is 52.7 Å². The van der Waals surface area contributed by atoms with Gasteiger partial charge in [0.2, 0.25) is 0 Å². The first kappa shape index (κ1) is 26.5. The number of ketones is 1. The Labute approximate surface area is 218 Å². The first-order valence-corrected chi connectivity index (χ1v) is 13.0. The molecule has 2 heterocycles. The van der Waals surface area contributed by atoms with Crippen LogP contribution in [0.2, 0.25) is 0 Å². The van der Waals surface area contributed by atoms with Crippen molar-refractivity contribution in [3.05, 3.63) is 58.7 Å². The molecule has 0 spiro atoms. The lowest BCUT2D eigenvalue weighted by atomic mass is 9.94. The number of rotatable bonds is 10. The van der Waals surface area contributed by atoms with Crippen molar-refractivity contribution < 1.29 is 29.3 Å². The second-order valence-corrected chi connectivity index (χ2v) is 9.49. The molecule has 0 aromatic heterocycles. The van der Waals surface area contributed by atoms with E-state index >= 15 is 0 Å². The van der Waals surface area contributed by atoms with Crippen molar-refractivity contribution in [3.8, 4) is 17.2 Å². The normalized spacial score (nSPS) is 20.4. The topological polar surface area (TPSA) is 99.5 Å². The molecule has 2 N–H and O–H groups in total. The Bertz CT molecular complexity index is 1200. The summed E-state index contributed by atoms with van der Waals surface area (Å²) >= 11 is 0. The number of nitrogens with zero attached hydrogens (tertiary/aromatic N) is 2. The molecule has 0 unspecified atom stereocenters. The highest BCUT2D eigenvalue weighted by molar-refractivity contribution is 6.46. The first-order valence-electron chi connectivity index (χ1n) is 13.0. The number of benzene rings is 2. The molecule has 4 rings (SSSR count). The van der Waals surface area contributed by atoms with Crippen molar-refractivity contribution in [2.75, 3.05) is 32.8 Å². The van der Waals surface area contributed by atoms with E-state index in [9.17, 15) is 19.8 Å². The number of fused-ring (bicyclic) bond motifs is 1. The summed E-state index contributed by atoms with van der Waals surface area (Å²) in [5.74, 6) is -0.591. The van der Waals surface area contributed by atoms with E-state index in [0.29, 0.717) is 37.1 Å². The molecule has 37 heavy (non-hydrogen) atoms. The highest BCUT2D eigenvalue weighted by Gasteiger charge is 2.46. The predicted molar refractivity (Wildman–Crippen MR) is 141 cm³/mol. The Morgan fingerprint density at radius 1 is 1.14 bits per heavy atom. The van der Waals surface area contributed by atoms with Gasteiger partial charge in [-0.15, -0.1) is 0 Å². The molecule has 0 bridgehead atoms. The Balaban J connectivity index is 1.77. The van der Waals surface area contributed by atoms with Gasteiger partial charge in [0.1, 0.15) is 17.6 Å². The number of hydrogen-bond donors (Lipinski definition) is 2.